The standard InChI is InChI=1S/C13H12O3S2/c14-18(15,16)17-10-11-6-8-13(9-7-11)12-4-2-1-3-5-12/h1-9H,10H2,(H-,14,15,16)/p+1. The highest BCUT2D eigenvalue weighted by Crippen LogP contribution is 2.19. The highest BCUT2D eigenvalue weighted by molar-refractivity contribution is 8.33. The molecule has 5 heteroatoms. The van der Waals surface area contributed by atoms with Gasteiger partial charge in [-0.2, -0.15) is 4.21 Å². The molecule has 0 spiro atoms. The van der Waals surface area contributed by atoms with E-state index in [9.17, 15) is 4.21 Å². The Hall–Kier alpha value is -1.27. The molecule has 0 aliphatic rings. The summed E-state index contributed by atoms with van der Waals surface area (Å²) in [6.07, 6.45) is 0. The third kappa shape index (κ3) is 3.89. The van der Waals surface area contributed by atoms with Crippen LogP contribution in [0.15, 0.2) is 54.6 Å². The summed E-state index contributed by atoms with van der Waals surface area (Å²) in [5, 5.41) is 0. The molecule has 2 rings (SSSR count). The molecule has 2 aromatic rings. The Bertz CT molecular complexity index is 619. The van der Waals surface area contributed by atoms with E-state index in [1.54, 1.807) is 0 Å². The minimum absolute atomic E-state index is 0.306. The second-order valence-electron chi connectivity index (χ2n) is 3.77. The maximum Gasteiger partial charge on any atom is 0.430 e. The summed E-state index contributed by atoms with van der Waals surface area (Å²) < 4.78 is 28.2. The lowest BCUT2D eigenvalue weighted by Gasteiger charge is -2.00. The van der Waals surface area contributed by atoms with Crippen LogP contribution in [0.25, 0.3) is 11.1 Å². The van der Waals surface area contributed by atoms with Crippen LogP contribution in [-0.4, -0.2) is 13.3 Å². The fraction of sp³-hybridized carbons (Fsp3) is 0.0769. The van der Waals surface area contributed by atoms with Crippen molar-refractivity contribution in [1.29, 1.82) is 0 Å². The minimum Gasteiger partial charge on any atom is -0.251 e. The quantitative estimate of drug-likeness (QED) is 0.850. The normalized spacial score (nSPS) is 11.2. The fourth-order valence-electron chi connectivity index (χ4n) is 1.57. The van der Waals surface area contributed by atoms with E-state index in [0.717, 1.165) is 16.7 Å². The Kier molecular flexibility index (Phi) is 4.08. The SMILES string of the molecule is O=S(O)(O)=[S+]Cc1ccc(-c2ccccc2)cc1. The molecule has 94 valence electrons. The van der Waals surface area contributed by atoms with Gasteiger partial charge in [0.05, 0.1) is 0 Å². The van der Waals surface area contributed by atoms with Crippen LogP contribution in [0.3, 0.4) is 0 Å². The Morgan fingerprint density at radius 1 is 0.889 bits per heavy atom. The molecular formula is C13H13O3S2+. The molecule has 0 aliphatic heterocycles. The van der Waals surface area contributed by atoms with E-state index >= 15 is 0 Å². The summed E-state index contributed by atoms with van der Waals surface area (Å²) in [4.78, 5) is 0. The summed E-state index contributed by atoms with van der Waals surface area (Å²) in [5.74, 6) is 0.306. The molecule has 0 aliphatic carbocycles. The van der Waals surface area contributed by atoms with E-state index in [1.807, 2.05) is 54.6 Å². The van der Waals surface area contributed by atoms with Crippen molar-refractivity contribution in [3.63, 3.8) is 0 Å². The number of rotatable bonds is 3. The van der Waals surface area contributed by atoms with E-state index in [1.165, 1.54) is 0 Å². The van der Waals surface area contributed by atoms with Crippen molar-refractivity contribution >= 4 is 19.4 Å². The zero-order valence-corrected chi connectivity index (χ0v) is 11.2. The van der Waals surface area contributed by atoms with Gasteiger partial charge in [0.2, 0.25) is 5.75 Å². The Morgan fingerprint density at radius 3 is 2.00 bits per heavy atom. The maximum atomic E-state index is 10.7. The van der Waals surface area contributed by atoms with Crippen LogP contribution in [0.4, 0.5) is 0 Å². The first-order valence-electron chi connectivity index (χ1n) is 5.32. The van der Waals surface area contributed by atoms with Crippen molar-refractivity contribution in [2.24, 2.45) is 0 Å². The molecule has 0 amide bonds. The van der Waals surface area contributed by atoms with Gasteiger partial charge in [0.25, 0.3) is 10.3 Å². The molecule has 0 bridgehead atoms. The smallest absolute Gasteiger partial charge is 0.251 e. The number of hydrogen-bond acceptors (Lipinski definition) is 1. The van der Waals surface area contributed by atoms with Crippen LogP contribution in [0.5, 0.6) is 0 Å². The lowest BCUT2D eigenvalue weighted by atomic mass is 10.0. The molecule has 0 unspecified atom stereocenters. The molecule has 0 aromatic heterocycles. The average molecular weight is 281 g/mol. The van der Waals surface area contributed by atoms with Crippen LogP contribution in [0, 0.1) is 0 Å². The first-order chi connectivity index (χ1) is 8.54. The molecule has 0 saturated carbocycles. The van der Waals surface area contributed by atoms with E-state index in [-0.39, 0.29) is 0 Å². The molecule has 0 fully saturated rings. The predicted octanol–water partition coefficient (Wildman–Crippen LogP) is 3.08. The largest absolute Gasteiger partial charge is 0.430 e. The van der Waals surface area contributed by atoms with Gasteiger partial charge in [0.1, 0.15) is 0 Å². The number of hydrogen-bond donors (Lipinski definition) is 2. The minimum atomic E-state index is -3.72. The molecule has 2 N–H and O–H groups in total. The van der Waals surface area contributed by atoms with Crippen LogP contribution in [0.2, 0.25) is 0 Å². The third-order valence-corrected chi connectivity index (χ3v) is 4.47. The zero-order chi connectivity index (χ0) is 13.0. The molecule has 18 heavy (non-hydrogen) atoms. The van der Waals surface area contributed by atoms with Gasteiger partial charge < -0.3 is 0 Å². The molecule has 2 aromatic carbocycles. The summed E-state index contributed by atoms with van der Waals surface area (Å²) in [5.41, 5.74) is 3.12. The molecule has 0 radical (unpaired) electrons. The van der Waals surface area contributed by atoms with Gasteiger partial charge in [-0.1, -0.05) is 54.6 Å². The van der Waals surface area contributed by atoms with Crippen LogP contribution < -0.4 is 0 Å². The van der Waals surface area contributed by atoms with Crippen LogP contribution >= 0.6 is 0 Å². The van der Waals surface area contributed by atoms with Gasteiger partial charge in [0.15, 0.2) is 0 Å². The second-order valence-corrected chi connectivity index (χ2v) is 7.20. The van der Waals surface area contributed by atoms with Gasteiger partial charge in [-0.3, -0.25) is 9.11 Å². The topological polar surface area (TPSA) is 57.5 Å². The summed E-state index contributed by atoms with van der Waals surface area (Å²) in [7, 11) is -3.09. The van der Waals surface area contributed by atoms with Crippen molar-refractivity contribution in [3.8, 4) is 11.1 Å². The lowest BCUT2D eigenvalue weighted by molar-refractivity contribution is 0.450. The van der Waals surface area contributed by atoms with E-state index in [4.69, 9.17) is 9.11 Å². The van der Waals surface area contributed by atoms with Gasteiger partial charge in [-0.25, -0.2) is 0 Å². The Balaban J connectivity index is 2.19. The van der Waals surface area contributed by atoms with Crippen molar-refractivity contribution in [2.45, 2.75) is 5.75 Å². The molecule has 3 nitrogen and oxygen atoms in total. The van der Waals surface area contributed by atoms with Gasteiger partial charge >= 0.3 is 9.05 Å². The molecular weight excluding hydrogens is 268 g/mol. The van der Waals surface area contributed by atoms with Crippen molar-refractivity contribution in [2.75, 3.05) is 0 Å². The third-order valence-electron chi connectivity index (χ3n) is 2.44. The molecule has 0 heterocycles. The zero-order valence-electron chi connectivity index (χ0n) is 9.52. The van der Waals surface area contributed by atoms with Crippen molar-refractivity contribution in [3.05, 3.63) is 60.2 Å². The van der Waals surface area contributed by atoms with E-state index in [0.29, 0.717) is 16.1 Å². The van der Waals surface area contributed by atoms with Gasteiger partial charge in [-0.05, 0) is 11.1 Å². The first-order valence-corrected chi connectivity index (χ1v) is 8.30. The highest BCUT2D eigenvalue weighted by atomic mass is 32.9. The fourth-order valence-corrected chi connectivity index (χ4v) is 2.92. The lowest BCUT2D eigenvalue weighted by Crippen LogP contribution is -1.96. The molecule has 0 atom stereocenters. The van der Waals surface area contributed by atoms with E-state index < -0.39 is 9.05 Å². The maximum absolute atomic E-state index is 10.7. The Labute approximate surface area is 110 Å². The predicted molar refractivity (Wildman–Crippen MR) is 76.3 cm³/mol. The highest BCUT2D eigenvalue weighted by Gasteiger charge is 2.10. The van der Waals surface area contributed by atoms with Crippen molar-refractivity contribution < 1.29 is 13.3 Å². The number of benzene rings is 2. The monoisotopic (exact) mass is 281 g/mol. The average Bonchev–Trinajstić information content (AvgIpc) is 2.37. The van der Waals surface area contributed by atoms with Crippen molar-refractivity contribution in [1.82, 2.24) is 0 Å². The Morgan fingerprint density at radius 2 is 1.44 bits per heavy atom. The summed E-state index contributed by atoms with van der Waals surface area (Å²) in [6.45, 7) is 0. The summed E-state index contributed by atoms with van der Waals surface area (Å²) in [6, 6.07) is 17.7. The second kappa shape index (κ2) is 5.58. The van der Waals surface area contributed by atoms with Gasteiger partial charge in [0, 0.05) is 5.56 Å². The summed E-state index contributed by atoms with van der Waals surface area (Å²) >= 11 is 0. The molecule has 0 saturated heterocycles. The van der Waals surface area contributed by atoms with Gasteiger partial charge in [-0.15, -0.1) is 0 Å². The first kappa shape index (κ1) is 13.2. The van der Waals surface area contributed by atoms with E-state index in [2.05, 4.69) is 0 Å². The van der Waals surface area contributed by atoms with Crippen LogP contribution in [-0.2, 0) is 25.1 Å². The van der Waals surface area contributed by atoms with Crippen LogP contribution in [0.1, 0.15) is 5.56 Å².